The van der Waals surface area contributed by atoms with E-state index in [2.05, 4.69) is 20.3 Å². The highest BCUT2D eigenvalue weighted by Crippen LogP contribution is 2.15. The van der Waals surface area contributed by atoms with Crippen LogP contribution in [0.15, 0.2) is 0 Å². The molecule has 1 heterocycles. The van der Waals surface area contributed by atoms with Crippen LogP contribution in [-0.2, 0) is 14.3 Å². The molecule has 6 nitrogen and oxygen atoms in total. The molecule has 116 valence electrons. The Balaban J connectivity index is 2.07. The molecule has 0 spiro atoms. The van der Waals surface area contributed by atoms with Crippen molar-refractivity contribution in [3.05, 3.63) is 0 Å². The van der Waals surface area contributed by atoms with Crippen molar-refractivity contribution in [2.75, 3.05) is 46.9 Å². The third-order valence-corrected chi connectivity index (χ3v) is 3.67. The van der Waals surface area contributed by atoms with Gasteiger partial charge in [0.05, 0.1) is 13.7 Å². The van der Waals surface area contributed by atoms with Gasteiger partial charge in [0.25, 0.3) is 0 Å². The summed E-state index contributed by atoms with van der Waals surface area (Å²) in [5.41, 5.74) is 0. The Kier molecular flexibility index (Phi) is 8.22. The highest BCUT2D eigenvalue weighted by molar-refractivity contribution is 5.78. The van der Waals surface area contributed by atoms with Crippen LogP contribution in [0.4, 0.5) is 0 Å². The van der Waals surface area contributed by atoms with Crippen LogP contribution in [0.1, 0.15) is 25.7 Å². The summed E-state index contributed by atoms with van der Waals surface area (Å²) >= 11 is 0. The summed E-state index contributed by atoms with van der Waals surface area (Å²) in [6.45, 7) is 4.03. The lowest BCUT2D eigenvalue weighted by Crippen LogP contribution is -2.42. The fourth-order valence-electron chi connectivity index (χ4n) is 2.46. The SMILES string of the molecule is CNCC1CCN(CC(=O)NCCCC(=O)OC)CC1. The minimum atomic E-state index is -0.231. The molecule has 0 saturated carbocycles. The molecule has 1 fully saturated rings. The highest BCUT2D eigenvalue weighted by atomic mass is 16.5. The molecule has 6 heteroatoms. The molecule has 0 aromatic heterocycles. The first-order chi connectivity index (χ1) is 9.65. The summed E-state index contributed by atoms with van der Waals surface area (Å²) in [6, 6.07) is 0. The van der Waals surface area contributed by atoms with E-state index in [0.29, 0.717) is 25.9 Å². The van der Waals surface area contributed by atoms with Gasteiger partial charge < -0.3 is 15.4 Å². The molecule has 20 heavy (non-hydrogen) atoms. The van der Waals surface area contributed by atoms with E-state index >= 15 is 0 Å². The van der Waals surface area contributed by atoms with Crippen LogP contribution in [0.25, 0.3) is 0 Å². The van der Waals surface area contributed by atoms with E-state index in [9.17, 15) is 9.59 Å². The van der Waals surface area contributed by atoms with E-state index in [-0.39, 0.29) is 11.9 Å². The van der Waals surface area contributed by atoms with Gasteiger partial charge >= 0.3 is 5.97 Å². The third kappa shape index (κ3) is 6.86. The molecule has 2 N–H and O–H groups in total. The molecule has 0 aliphatic carbocycles. The van der Waals surface area contributed by atoms with Crippen LogP contribution in [0.5, 0.6) is 0 Å². The summed E-state index contributed by atoms with van der Waals surface area (Å²) in [4.78, 5) is 24.9. The van der Waals surface area contributed by atoms with Crippen molar-refractivity contribution >= 4 is 11.9 Å². The second-order valence-electron chi connectivity index (χ2n) is 5.31. The van der Waals surface area contributed by atoms with Crippen molar-refractivity contribution in [3.63, 3.8) is 0 Å². The summed E-state index contributed by atoms with van der Waals surface area (Å²) in [5.74, 6) is 0.548. The van der Waals surface area contributed by atoms with Crippen molar-refractivity contribution in [1.82, 2.24) is 15.5 Å². The van der Waals surface area contributed by atoms with Crippen LogP contribution in [0.3, 0.4) is 0 Å². The first-order valence-electron chi connectivity index (χ1n) is 7.36. The number of carbonyl (C=O) groups is 2. The van der Waals surface area contributed by atoms with E-state index in [4.69, 9.17) is 0 Å². The fourth-order valence-corrected chi connectivity index (χ4v) is 2.46. The van der Waals surface area contributed by atoms with Crippen LogP contribution in [0.2, 0.25) is 0 Å². The number of ether oxygens (including phenoxy) is 1. The smallest absolute Gasteiger partial charge is 0.305 e. The maximum absolute atomic E-state index is 11.8. The second kappa shape index (κ2) is 9.72. The Labute approximate surface area is 121 Å². The van der Waals surface area contributed by atoms with Gasteiger partial charge in [0.1, 0.15) is 0 Å². The van der Waals surface area contributed by atoms with Crippen LogP contribution in [0, 0.1) is 5.92 Å². The number of nitrogens with zero attached hydrogens (tertiary/aromatic N) is 1. The lowest BCUT2D eigenvalue weighted by atomic mass is 9.97. The average molecular weight is 285 g/mol. The predicted octanol–water partition coefficient (Wildman–Crippen LogP) is -0.0128. The maximum Gasteiger partial charge on any atom is 0.305 e. The van der Waals surface area contributed by atoms with Gasteiger partial charge in [-0.15, -0.1) is 0 Å². The summed E-state index contributed by atoms with van der Waals surface area (Å²) in [5, 5.41) is 6.05. The van der Waals surface area contributed by atoms with Gasteiger partial charge in [-0.3, -0.25) is 14.5 Å². The number of piperidine rings is 1. The zero-order valence-electron chi connectivity index (χ0n) is 12.6. The molecule has 0 radical (unpaired) electrons. The monoisotopic (exact) mass is 285 g/mol. The first kappa shape index (κ1) is 16.9. The first-order valence-corrected chi connectivity index (χ1v) is 7.36. The van der Waals surface area contributed by atoms with Crippen molar-refractivity contribution in [3.8, 4) is 0 Å². The lowest BCUT2D eigenvalue weighted by molar-refractivity contribution is -0.140. The maximum atomic E-state index is 11.8. The Morgan fingerprint density at radius 1 is 1.30 bits per heavy atom. The van der Waals surface area contributed by atoms with Gasteiger partial charge in [-0.25, -0.2) is 0 Å². The van der Waals surface area contributed by atoms with E-state index < -0.39 is 0 Å². The Bertz CT molecular complexity index is 302. The molecule has 0 atom stereocenters. The number of rotatable bonds is 8. The van der Waals surface area contributed by atoms with Crippen molar-refractivity contribution < 1.29 is 14.3 Å². The molecular formula is C14H27N3O3. The minimum Gasteiger partial charge on any atom is -0.469 e. The average Bonchev–Trinajstić information content (AvgIpc) is 2.45. The Morgan fingerprint density at radius 3 is 2.60 bits per heavy atom. The summed E-state index contributed by atoms with van der Waals surface area (Å²) in [7, 11) is 3.35. The zero-order chi connectivity index (χ0) is 14.8. The highest BCUT2D eigenvalue weighted by Gasteiger charge is 2.19. The normalized spacial score (nSPS) is 16.9. The second-order valence-corrected chi connectivity index (χ2v) is 5.31. The van der Waals surface area contributed by atoms with E-state index in [1.54, 1.807) is 0 Å². The van der Waals surface area contributed by atoms with Gasteiger partial charge in [-0.2, -0.15) is 0 Å². The van der Waals surface area contributed by atoms with Crippen LogP contribution < -0.4 is 10.6 Å². The Morgan fingerprint density at radius 2 is 2.00 bits per heavy atom. The molecule has 0 bridgehead atoms. The quantitative estimate of drug-likeness (QED) is 0.485. The molecule has 0 aromatic rings. The van der Waals surface area contributed by atoms with Crippen LogP contribution >= 0.6 is 0 Å². The van der Waals surface area contributed by atoms with E-state index in [0.717, 1.165) is 38.4 Å². The van der Waals surface area contributed by atoms with Gasteiger partial charge in [0.2, 0.25) is 5.91 Å². The number of hydrogen-bond acceptors (Lipinski definition) is 5. The molecule has 1 saturated heterocycles. The number of esters is 1. The molecule has 0 unspecified atom stereocenters. The van der Waals surface area contributed by atoms with Crippen molar-refractivity contribution in [2.45, 2.75) is 25.7 Å². The molecular weight excluding hydrogens is 258 g/mol. The fraction of sp³-hybridized carbons (Fsp3) is 0.857. The van der Waals surface area contributed by atoms with Gasteiger partial charge in [0.15, 0.2) is 0 Å². The number of hydrogen-bond donors (Lipinski definition) is 2. The van der Waals surface area contributed by atoms with E-state index in [1.165, 1.54) is 7.11 Å². The molecule has 1 rings (SSSR count). The number of amides is 1. The van der Waals surface area contributed by atoms with E-state index in [1.807, 2.05) is 7.05 Å². The summed E-state index contributed by atoms with van der Waals surface area (Å²) in [6.07, 6.45) is 3.28. The predicted molar refractivity (Wildman–Crippen MR) is 77.4 cm³/mol. The Hall–Kier alpha value is -1.14. The van der Waals surface area contributed by atoms with Gasteiger partial charge in [-0.1, -0.05) is 0 Å². The number of carbonyl (C=O) groups excluding carboxylic acids is 2. The van der Waals surface area contributed by atoms with Gasteiger partial charge in [-0.05, 0) is 51.9 Å². The largest absolute Gasteiger partial charge is 0.469 e. The minimum absolute atomic E-state index is 0.0435. The standard InChI is InChI=1S/C14H27N3O3/c1-15-10-12-5-8-17(9-6-12)11-13(18)16-7-3-4-14(19)20-2/h12,15H,3-11H2,1-2H3,(H,16,18). The van der Waals surface area contributed by atoms with Crippen molar-refractivity contribution in [1.29, 1.82) is 0 Å². The number of methoxy groups -OCH3 is 1. The molecule has 0 aromatic carbocycles. The molecule has 1 aliphatic rings. The number of nitrogens with one attached hydrogen (secondary N) is 2. The topological polar surface area (TPSA) is 70.7 Å². The zero-order valence-corrected chi connectivity index (χ0v) is 12.6. The summed E-state index contributed by atoms with van der Waals surface area (Å²) < 4.78 is 4.54. The molecule has 1 aliphatic heterocycles. The van der Waals surface area contributed by atoms with Crippen molar-refractivity contribution in [2.24, 2.45) is 5.92 Å². The number of likely N-dealkylation sites (tertiary alicyclic amines) is 1. The molecule has 1 amide bonds. The van der Waals surface area contributed by atoms with Crippen LogP contribution in [-0.4, -0.2) is 63.7 Å². The van der Waals surface area contributed by atoms with Gasteiger partial charge in [0, 0.05) is 13.0 Å². The third-order valence-electron chi connectivity index (χ3n) is 3.67. The lowest BCUT2D eigenvalue weighted by Gasteiger charge is -2.31.